The van der Waals surface area contributed by atoms with Gasteiger partial charge in [0, 0.05) is 27.3 Å². The molecule has 12 heteroatoms. The molecule has 1 amide bonds. The van der Waals surface area contributed by atoms with E-state index in [1.54, 1.807) is 35.0 Å². The molecule has 0 aliphatic carbocycles. The van der Waals surface area contributed by atoms with E-state index in [4.69, 9.17) is 46.9 Å². The molecular formula is C19H31Cl3N2O7. The number of fused-ring (bicyclic) bond motifs is 2. The van der Waals surface area contributed by atoms with E-state index < -0.39 is 29.6 Å². The van der Waals surface area contributed by atoms with Crippen LogP contribution in [0.5, 0.6) is 0 Å². The summed E-state index contributed by atoms with van der Waals surface area (Å²) >= 11 is 12.1. The number of carbonyl (C=O) groups is 2. The summed E-state index contributed by atoms with van der Waals surface area (Å²) in [6, 6.07) is -0.530. The number of nitrogens with one attached hydrogen (secondary N) is 1. The number of halogens is 3. The van der Waals surface area contributed by atoms with Crippen molar-refractivity contribution in [1.82, 2.24) is 10.2 Å². The maximum absolute atomic E-state index is 11.9. The number of methoxy groups -OCH3 is 2. The van der Waals surface area contributed by atoms with Gasteiger partial charge in [-0.15, -0.1) is 35.6 Å². The molecular weight excluding hydrogens is 475 g/mol. The Labute approximate surface area is 198 Å². The van der Waals surface area contributed by atoms with Gasteiger partial charge in [0.25, 0.3) is 0 Å². The van der Waals surface area contributed by atoms with Crippen LogP contribution in [0.4, 0.5) is 4.79 Å². The zero-order valence-electron chi connectivity index (χ0n) is 18.3. The molecule has 0 bridgehead atoms. The minimum Gasteiger partial charge on any atom is -0.444 e. The Morgan fingerprint density at radius 3 is 2.39 bits per heavy atom. The molecule has 4 aliphatic heterocycles. The van der Waals surface area contributed by atoms with Crippen LogP contribution in [0.3, 0.4) is 0 Å². The summed E-state index contributed by atoms with van der Waals surface area (Å²) in [5.74, 6) is -0.766. The summed E-state index contributed by atoms with van der Waals surface area (Å²) in [7, 11) is 3.25. The van der Waals surface area contributed by atoms with Crippen molar-refractivity contribution in [1.29, 1.82) is 0 Å². The van der Waals surface area contributed by atoms with Crippen molar-refractivity contribution in [3.8, 4) is 0 Å². The molecule has 31 heavy (non-hydrogen) atoms. The predicted molar refractivity (Wildman–Crippen MR) is 116 cm³/mol. The van der Waals surface area contributed by atoms with Gasteiger partial charge in [-0.05, 0) is 20.8 Å². The smallest absolute Gasteiger partial charge is 0.411 e. The molecule has 0 aromatic heterocycles. The van der Waals surface area contributed by atoms with E-state index in [9.17, 15) is 9.59 Å². The Hall–Kier alpha value is -0.390. The fraction of sp³-hybridized carbons (Fsp3) is 0.895. The first kappa shape index (κ1) is 26.9. The first-order valence-electron chi connectivity index (χ1n) is 9.90. The molecule has 0 radical (unpaired) electrons. The second-order valence-corrected chi connectivity index (χ2v) is 9.85. The lowest BCUT2D eigenvalue weighted by molar-refractivity contribution is -0.213. The minimum atomic E-state index is -0.658. The van der Waals surface area contributed by atoms with Gasteiger partial charge in [0.2, 0.25) is 5.79 Å². The summed E-state index contributed by atoms with van der Waals surface area (Å²) in [5.41, 5.74) is -0.584. The monoisotopic (exact) mass is 504 g/mol. The van der Waals surface area contributed by atoms with E-state index in [0.29, 0.717) is 6.61 Å². The lowest BCUT2D eigenvalue weighted by Crippen LogP contribution is -2.51. The average molecular weight is 506 g/mol. The number of alkyl halides is 2. The number of rotatable bonds is 2. The second-order valence-electron chi connectivity index (χ2n) is 8.73. The number of hydrogen-bond donors (Lipinski definition) is 1. The lowest BCUT2D eigenvalue weighted by Gasteiger charge is -2.29. The van der Waals surface area contributed by atoms with Crippen LogP contribution in [0.1, 0.15) is 20.8 Å². The molecule has 0 spiro atoms. The number of ketones is 1. The largest absolute Gasteiger partial charge is 0.444 e. The van der Waals surface area contributed by atoms with Crippen LogP contribution in [0.2, 0.25) is 0 Å². The summed E-state index contributed by atoms with van der Waals surface area (Å²) in [6.07, 6.45) is -0.896. The summed E-state index contributed by atoms with van der Waals surface area (Å²) < 4.78 is 26.8. The van der Waals surface area contributed by atoms with Crippen molar-refractivity contribution >= 4 is 47.5 Å². The molecule has 4 fully saturated rings. The van der Waals surface area contributed by atoms with Crippen molar-refractivity contribution < 1.29 is 33.3 Å². The predicted octanol–water partition coefficient (Wildman–Crippen LogP) is 1.56. The van der Waals surface area contributed by atoms with Gasteiger partial charge in [0.15, 0.2) is 5.78 Å². The molecule has 0 unspecified atom stereocenters. The number of carbonyl (C=O) groups excluding carboxylic acids is 2. The van der Waals surface area contributed by atoms with Gasteiger partial charge in [-0.1, -0.05) is 0 Å². The Bertz CT molecular complexity index is 659. The summed E-state index contributed by atoms with van der Waals surface area (Å²) in [4.78, 5) is 25.0. The minimum absolute atomic E-state index is 0. The van der Waals surface area contributed by atoms with Gasteiger partial charge in [0.05, 0.1) is 22.9 Å². The van der Waals surface area contributed by atoms with Crippen LogP contribution in [0.25, 0.3) is 0 Å². The van der Waals surface area contributed by atoms with E-state index in [-0.39, 0.29) is 54.2 Å². The SMILES string of the molecule is CC(C)(C)OC(=O)N1C[C@@H](Cl)[C@H]2OCC(=O)[C@H]21.COC1(OC)CO[C@@H]2[C@H](Cl)CN[C@@H]21.Cl. The third-order valence-corrected chi connectivity index (χ3v) is 6.40. The van der Waals surface area contributed by atoms with Crippen LogP contribution in [-0.4, -0.2) is 104 Å². The third kappa shape index (κ3) is 5.41. The van der Waals surface area contributed by atoms with Crippen molar-refractivity contribution in [3.63, 3.8) is 0 Å². The highest BCUT2D eigenvalue weighted by atomic mass is 35.5. The Balaban J connectivity index is 0.000000220. The van der Waals surface area contributed by atoms with Crippen molar-refractivity contribution in [2.45, 2.75) is 67.2 Å². The molecule has 180 valence electrons. The van der Waals surface area contributed by atoms with Crippen molar-refractivity contribution in [2.24, 2.45) is 0 Å². The molecule has 4 rings (SSSR count). The molecule has 4 heterocycles. The van der Waals surface area contributed by atoms with Crippen LogP contribution >= 0.6 is 35.6 Å². The number of likely N-dealkylation sites (tertiary alicyclic amines) is 1. The number of hydrogen-bond acceptors (Lipinski definition) is 8. The molecule has 4 aliphatic rings. The van der Waals surface area contributed by atoms with Crippen molar-refractivity contribution in [3.05, 3.63) is 0 Å². The van der Waals surface area contributed by atoms with Crippen LogP contribution in [0, 0.1) is 0 Å². The van der Waals surface area contributed by atoms with Crippen LogP contribution in [0.15, 0.2) is 0 Å². The van der Waals surface area contributed by atoms with Crippen molar-refractivity contribution in [2.75, 3.05) is 40.5 Å². The fourth-order valence-corrected chi connectivity index (χ4v) is 4.82. The Morgan fingerprint density at radius 1 is 1.16 bits per heavy atom. The van der Waals surface area contributed by atoms with Gasteiger partial charge in [0.1, 0.15) is 31.0 Å². The first-order chi connectivity index (χ1) is 14.0. The van der Waals surface area contributed by atoms with Gasteiger partial charge < -0.3 is 29.0 Å². The van der Waals surface area contributed by atoms with Crippen LogP contribution < -0.4 is 5.32 Å². The van der Waals surface area contributed by atoms with E-state index >= 15 is 0 Å². The van der Waals surface area contributed by atoms with Gasteiger partial charge >= 0.3 is 6.09 Å². The third-order valence-electron chi connectivity index (χ3n) is 5.61. The quantitative estimate of drug-likeness (QED) is 0.446. The normalized spacial score (nSPS) is 35.7. The molecule has 4 saturated heterocycles. The standard InChI is InChI=1S/C11H16ClNO4.C8H14ClNO3.ClH/c1-11(2,3)17-10(15)13-4-6(12)9-8(13)7(14)5-16-9;1-11-8(12-2)4-13-6-5(9)3-10-7(6)8;/h6,8-9H,4-5H2,1-3H3;5-7,10H,3-4H2,1-2H3;1H/t6-,8-,9-;5-,6-,7+;/m11./s1. The highest BCUT2D eigenvalue weighted by molar-refractivity contribution is 6.22. The van der Waals surface area contributed by atoms with E-state index in [0.717, 1.165) is 6.54 Å². The maximum Gasteiger partial charge on any atom is 0.411 e. The Morgan fingerprint density at radius 2 is 1.81 bits per heavy atom. The molecule has 6 atom stereocenters. The number of amides is 1. The number of ether oxygens (including phenoxy) is 5. The zero-order chi connectivity index (χ0) is 22.3. The Kier molecular flexibility index (Phi) is 8.89. The second kappa shape index (κ2) is 10.3. The molecule has 9 nitrogen and oxygen atoms in total. The van der Waals surface area contributed by atoms with Crippen LogP contribution in [-0.2, 0) is 28.5 Å². The number of nitrogens with zero attached hydrogens (tertiary/aromatic N) is 1. The summed E-state index contributed by atoms with van der Waals surface area (Å²) in [6.45, 7) is 6.84. The van der Waals surface area contributed by atoms with E-state index in [1.165, 1.54) is 4.90 Å². The lowest BCUT2D eigenvalue weighted by atomic mass is 10.1. The topological polar surface area (TPSA) is 95.6 Å². The fourth-order valence-electron chi connectivity index (χ4n) is 4.15. The zero-order valence-corrected chi connectivity index (χ0v) is 20.6. The van der Waals surface area contributed by atoms with E-state index in [1.807, 2.05) is 0 Å². The number of Topliss-reactive ketones (excluding diaryl/α,β-unsaturated/α-hetero) is 1. The van der Waals surface area contributed by atoms with Gasteiger partial charge in [-0.3, -0.25) is 9.69 Å². The van der Waals surface area contributed by atoms with Gasteiger partial charge in [-0.2, -0.15) is 0 Å². The molecule has 0 aromatic carbocycles. The molecule has 1 N–H and O–H groups in total. The van der Waals surface area contributed by atoms with Gasteiger partial charge in [-0.25, -0.2) is 4.79 Å². The molecule has 0 saturated carbocycles. The average Bonchev–Trinajstić information content (AvgIpc) is 3.40. The summed E-state index contributed by atoms with van der Waals surface area (Å²) in [5, 5.41) is 2.92. The van der Waals surface area contributed by atoms with E-state index in [2.05, 4.69) is 5.32 Å². The highest BCUT2D eigenvalue weighted by Gasteiger charge is 2.56. The highest BCUT2D eigenvalue weighted by Crippen LogP contribution is 2.35. The molecule has 0 aromatic rings. The first-order valence-corrected chi connectivity index (χ1v) is 10.8. The maximum atomic E-state index is 11.9.